The summed E-state index contributed by atoms with van der Waals surface area (Å²) in [5.74, 6) is 4.70. The van der Waals surface area contributed by atoms with E-state index in [0.717, 1.165) is 42.2 Å². The molecule has 4 aliphatic rings. The fourth-order valence-electron chi connectivity index (χ4n) is 7.85. The fraction of sp³-hybridized carbons (Fsp3) is 0.806. The van der Waals surface area contributed by atoms with E-state index in [1.165, 1.54) is 96.3 Å². The molecule has 1 aliphatic heterocycles. The number of carbonyl (C=O) groups is 1. The summed E-state index contributed by atoms with van der Waals surface area (Å²) in [6.45, 7) is 7.08. The molecule has 39 heavy (non-hydrogen) atoms. The maximum atomic E-state index is 11.3. The second-order valence-electron chi connectivity index (χ2n) is 13.2. The van der Waals surface area contributed by atoms with Crippen LogP contribution in [0.3, 0.4) is 0 Å². The minimum Gasteiger partial charge on any atom is -0.393 e. The molecule has 8 heteroatoms. The number of ether oxygens (including phenoxy) is 1. The summed E-state index contributed by atoms with van der Waals surface area (Å²) >= 11 is 0. The lowest BCUT2D eigenvalue weighted by Crippen LogP contribution is -2.46. The van der Waals surface area contributed by atoms with Crippen molar-refractivity contribution >= 4 is 29.4 Å². The van der Waals surface area contributed by atoms with Gasteiger partial charge in [0, 0.05) is 25.2 Å². The monoisotopic (exact) mass is 536 g/mol. The second kappa shape index (κ2) is 12.0. The Bertz CT molecular complexity index is 1120. The Morgan fingerprint density at radius 2 is 1.69 bits per heavy atom. The molecule has 0 radical (unpaired) electrons. The summed E-state index contributed by atoms with van der Waals surface area (Å²) in [7, 11) is 0. The molecule has 1 N–H and O–H groups in total. The number of nitrogens with zero attached hydrogens (tertiary/aromatic N) is 5. The van der Waals surface area contributed by atoms with Gasteiger partial charge in [0.2, 0.25) is 5.95 Å². The highest BCUT2D eigenvalue weighted by molar-refractivity contribution is 5.86. The van der Waals surface area contributed by atoms with Crippen LogP contribution in [0, 0.1) is 23.7 Å². The zero-order valence-electron chi connectivity index (χ0n) is 24.1. The number of nitrogens with one attached hydrogen (secondary N) is 1. The van der Waals surface area contributed by atoms with Crippen molar-refractivity contribution in [2.75, 3.05) is 16.8 Å². The number of hydrogen-bond acceptors (Lipinski definition) is 7. The molecule has 0 aromatic carbocycles. The highest BCUT2D eigenvalue weighted by Gasteiger charge is 2.35. The van der Waals surface area contributed by atoms with Gasteiger partial charge < -0.3 is 19.5 Å². The summed E-state index contributed by atoms with van der Waals surface area (Å²) in [6, 6.07) is 0.934. The second-order valence-corrected chi connectivity index (χ2v) is 13.2. The summed E-state index contributed by atoms with van der Waals surface area (Å²) in [4.78, 5) is 28.6. The van der Waals surface area contributed by atoms with E-state index in [1.54, 1.807) is 0 Å². The number of piperidine rings is 1. The average Bonchev–Trinajstić information content (AvgIpc) is 3.28. The van der Waals surface area contributed by atoms with E-state index in [-0.39, 0.29) is 6.01 Å². The number of imidazole rings is 1. The number of hydrogen-bond donors (Lipinski definition) is 1. The molecule has 2 aromatic heterocycles. The zero-order chi connectivity index (χ0) is 26.8. The van der Waals surface area contributed by atoms with E-state index < -0.39 is 0 Å². The highest BCUT2D eigenvalue weighted by atomic mass is 16.5. The molecule has 4 fully saturated rings. The van der Waals surface area contributed by atoms with Crippen LogP contribution >= 0.6 is 0 Å². The van der Waals surface area contributed by atoms with Gasteiger partial charge in [-0.05, 0) is 88.4 Å². The molecule has 2 atom stereocenters. The predicted octanol–water partition coefficient (Wildman–Crippen LogP) is 6.73. The first kappa shape index (κ1) is 26.8. The molecule has 3 heterocycles. The molecule has 1 saturated heterocycles. The van der Waals surface area contributed by atoms with Gasteiger partial charge in [0.1, 0.15) is 5.52 Å². The van der Waals surface area contributed by atoms with Gasteiger partial charge in [-0.25, -0.2) is 0 Å². The van der Waals surface area contributed by atoms with Crippen molar-refractivity contribution in [2.24, 2.45) is 23.7 Å². The average molecular weight is 537 g/mol. The van der Waals surface area contributed by atoms with Crippen LogP contribution in [-0.2, 0) is 11.3 Å². The quantitative estimate of drug-likeness (QED) is 0.356. The van der Waals surface area contributed by atoms with Crippen molar-refractivity contribution in [2.45, 2.75) is 129 Å². The zero-order valence-corrected chi connectivity index (χ0v) is 24.1. The summed E-state index contributed by atoms with van der Waals surface area (Å²) < 4.78 is 7.67. The maximum absolute atomic E-state index is 11.3. The molecule has 3 aliphatic carbocycles. The Morgan fingerprint density at radius 3 is 2.41 bits per heavy atom. The lowest BCUT2D eigenvalue weighted by atomic mass is 9.80. The van der Waals surface area contributed by atoms with Crippen LogP contribution < -0.4 is 15.0 Å². The maximum Gasteiger partial charge on any atom is 0.328 e. The number of rotatable bonds is 9. The Balaban J connectivity index is 1.43. The van der Waals surface area contributed by atoms with Gasteiger partial charge in [-0.1, -0.05) is 45.4 Å². The summed E-state index contributed by atoms with van der Waals surface area (Å²) in [6.07, 6.45) is 19.5. The number of aromatic nitrogens is 4. The van der Waals surface area contributed by atoms with Gasteiger partial charge in [-0.3, -0.25) is 4.79 Å². The lowest BCUT2D eigenvalue weighted by molar-refractivity contribution is -0.121. The summed E-state index contributed by atoms with van der Waals surface area (Å²) in [5, 5.41) is 3.73. The highest BCUT2D eigenvalue weighted by Crippen LogP contribution is 2.40. The number of fused-ring (bicyclic) bond motifs is 1. The van der Waals surface area contributed by atoms with Crippen molar-refractivity contribution in [3.05, 3.63) is 0 Å². The van der Waals surface area contributed by atoms with Crippen molar-refractivity contribution in [1.82, 2.24) is 19.5 Å². The first-order valence-corrected chi connectivity index (χ1v) is 16.0. The molecule has 0 bridgehead atoms. The van der Waals surface area contributed by atoms with E-state index in [4.69, 9.17) is 14.7 Å². The Morgan fingerprint density at radius 1 is 0.923 bits per heavy atom. The van der Waals surface area contributed by atoms with Crippen LogP contribution in [0.2, 0.25) is 0 Å². The minimum absolute atomic E-state index is 0.0889. The van der Waals surface area contributed by atoms with Crippen LogP contribution in [0.4, 0.5) is 11.8 Å². The molecular formula is C31H48N6O2. The minimum atomic E-state index is 0.0889. The van der Waals surface area contributed by atoms with Crippen molar-refractivity contribution in [3.63, 3.8) is 0 Å². The molecule has 2 aromatic rings. The fourth-order valence-corrected chi connectivity index (χ4v) is 7.85. The summed E-state index contributed by atoms with van der Waals surface area (Å²) in [5.41, 5.74) is 1.64. The molecule has 1 unspecified atom stereocenters. The topological polar surface area (TPSA) is 85.2 Å². The Labute approximate surface area is 233 Å². The molecular weight excluding hydrogens is 488 g/mol. The lowest BCUT2D eigenvalue weighted by Gasteiger charge is -2.43. The molecule has 6 rings (SSSR count). The van der Waals surface area contributed by atoms with E-state index in [9.17, 15) is 4.79 Å². The van der Waals surface area contributed by atoms with Gasteiger partial charge >= 0.3 is 12.5 Å². The van der Waals surface area contributed by atoms with Gasteiger partial charge in [0.25, 0.3) is 0 Å². The van der Waals surface area contributed by atoms with Gasteiger partial charge in [-0.2, -0.15) is 15.0 Å². The Kier molecular flexibility index (Phi) is 8.26. The van der Waals surface area contributed by atoms with Gasteiger partial charge in [0.05, 0.1) is 0 Å². The van der Waals surface area contributed by atoms with Crippen molar-refractivity contribution in [3.8, 4) is 6.01 Å². The predicted molar refractivity (Wildman–Crippen MR) is 155 cm³/mol. The third-order valence-corrected chi connectivity index (χ3v) is 10.5. The van der Waals surface area contributed by atoms with Crippen LogP contribution in [0.25, 0.3) is 11.2 Å². The smallest absolute Gasteiger partial charge is 0.328 e. The molecule has 8 nitrogen and oxygen atoms in total. The SMILES string of the molecule is CC1CCC(Cn2c(N3CCCCC3C3CCCCC3)nc3nc(OC=O)nc(N[C@H](C)C4CCC4)c32)CC1. The molecule has 0 amide bonds. The standard InChI is InChI=1S/C31H48N6O2/c1-21-14-16-23(17-15-21)19-37-27-28(32-22(2)24-11-8-12-24)33-30(39-20-38)34-29(27)35-31(37)36-18-7-6-13-26(36)25-9-4-3-5-10-25/h20-26H,3-19H2,1-2H3,(H,32,33,34)/t21?,22-,23?,26?/m1/s1. The first-order valence-electron chi connectivity index (χ1n) is 16.0. The van der Waals surface area contributed by atoms with E-state index in [1.807, 2.05) is 0 Å². The first-order chi connectivity index (χ1) is 19.1. The van der Waals surface area contributed by atoms with Crippen LogP contribution in [0.15, 0.2) is 0 Å². The third kappa shape index (κ3) is 5.76. The van der Waals surface area contributed by atoms with E-state index >= 15 is 0 Å². The third-order valence-electron chi connectivity index (χ3n) is 10.5. The van der Waals surface area contributed by atoms with E-state index in [2.05, 4.69) is 33.6 Å². The molecule has 3 saturated carbocycles. The normalized spacial score (nSPS) is 27.7. The van der Waals surface area contributed by atoms with Gasteiger partial charge in [-0.15, -0.1) is 0 Å². The molecule has 0 spiro atoms. The van der Waals surface area contributed by atoms with Crippen LogP contribution in [-0.4, -0.2) is 44.6 Å². The number of anilines is 2. The van der Waals surface area contributed by atoms with Crippen LogP contribution in [0.5, 0.6) is 6.01 Å². The van der Waals surface area contributed by atoms with Crippen molar-refractivity contribution in [1.29, 1.82) is 0 Å². The Hall–Kier alpha value is -2.38. The van der Waals surface area contributed by atoms with Crippen LogP contribution in [0.1, 0.15) is 110 Å². The largest absolute Gasteiger partial charge is 0.393 e. The van der Waals surface area contributed by atoms with Gasteiger partial charge in [0.15, 0.2) is 11.5 Å². The molecule has 214 valence electrons. The van der Waals surface area contributed by atoms with Crippen molar-refractivity contribution < 1.29 is 9.53 Å². The number of carbonyl (C=O) groups excluding carboxylic acids is 1. The van der Waals surface area contributed by atoms with E-state index in [0.29, 0.717) is 36.0 Å².